The third-order valence-electron chi connectivity index (χ3n) is 7.17. The van der Waals surface area contributed by atoms with Gasteiger partial charge >= 0.3 is 10.1 Å². The summed E-state index contributed by atoms with van der Waals surface area (Å²) in [5.74, 6) is 0.157. The molecular formula is C30H40Cl2N4O7S2. The molecule has 0 aliphatic carbocycles. The maximum absolute atomic E-state index is 13.3. The average molecular weight is 704 g/mol. The SMILES string of the molecule is CCS(=O)(=O)O.Cc1c(C(=O)NN2CCCCC2)nc(-c2ccc(Cl)cc2Cl)n1CC(C)(C)CCS(=O)(=O)Oc1ccccc1. The van der Waals surface area contributed by atoms with Gasteiger partial charge in [0.2, 0.25) is 0 Å². The standard InChI is InChI=1S/C28H34Cl2N4O4S.C2H6O3S/c1-20-25(27(35)32-33-15-8-5-9-16-33)31-26(23-13-12-21(29)18-24(23)30)34(20)19-28(2,3)14-17-39(36,37)38-22-10-6-4-7-11-22;1-2-6(3,4)5/h4,6-7,10-13,18H,5,8-9,14-17,19H2,1-3H3,(H,32,35);2H2,1H3,(H,3,4,5). The molecule has 1 aromatic heterocycles. The number of amides is 1. The van der Waals surface area contributed by atoms with E-state index in [9.17, 15) is 21.6 Å². The Balaban J connectivity index is 0.000000838. The first-order chi connectivity index (χ1) is 21.0. The number of rotatable bonds is 11. The van der Waals surface area contributed by atoms with E-state index in [1.165, 1.54) is 6.92 Å². The smallest absolute Gasteiger partial charge is 0.309 e. The predicted octanol–water partition coefficient (Wildman–Crippen LogP) is 6.02. The number of hydrogen-bond donors (Lipinski definition) is 2. The van der Waals surface area contributed by atoms with Gasteiger partial charge in [0.25, 0.3) is 16.0 Å². The number of hydrazine groups is 1. The van der Waals surface area contributed by atoms with Crippen molar-refractivity contribution in [1.29, 1.82) is 0 Å². The zero-order chi connectivity index (χ0) is 33.4. The lowest BCUT2D eigenvalue weighted by Gasteiger charge is -2.27. The largest absolute Gasteiger partial charge is 0.382 e. The minimum Gasteiger partial charge on any atom is -0.382 e. The normalized spacial score (nSPS) is 14.4. The van der Waals surface area contributed by atoms with E-state index in [4.69, 9.17) is 36.9 Å². The Hall–Kier alpha value is -2.68. The molecule has 2 N–H and O–H groups in total. The molecule has 1 amide bonds. The summed E-state index contributed by atoms with van der Waals surface area (Å²) in [5.41, 5.74) is 4.11. The van der Waals surface area contributed by atoms with Crippen LogP contribution in [-0.4, -0.2) is 66.5 Å². The fraction of sp³-hybridized carbons (Fsp3) is 0.467. The van der Waals surface area contributed by atoms with Crippen LogP contribution in [0, 0.1) is 12.3 Å². The fourth-order valence-electron chi connectivity index (χ4n) is 4.59. The van der Waals surface area contributed by atoms with E-state index in [1.54, 1.807) is 48.5 Å². The zero-order valence-corrected chi connectivity index (χ0v) is 28.9. The summed E-state index contributed by atoms with van der Waals surface area (Å²) < 4.78 is 59.5. The summed E-state index contributed by atoms with van der Waals surface area (Å²) >= 11 is 12.7. The summed E-state index contributed by atoms with van der Waals surface area (Å²) in [4.78, 5) is 18.0. The van der Waals surface area contributed by atoms with E-state index >= 15 is 0 Å². The van der Waals surface area contributed by atoms with E-state index in [0.29, 0.717) is 45.8 Å². The number of benzene rings is 2. The minimum atomic E-state index is -3.80. The van der Waals surface area contributed by atoms with Crippen LogP contribution in [0.3, 0.4) is 0 Å². The molecule has 0 bridgehead atoms. The molecule has 3 aromatic rings. The van der Waals surface area contributed by atoms with Crippen LogP contribution in [0.1, 0.15) is 62.6 Å². The van der Waals surface area contributed by atoms with Crippen molar-refractivity contribution >= 4 is 49.3 Å². The Morgan fingerprint density at radius 3 is 2.24 bits per heavy atom. The van der Waals surface area contributed by atoms with Crippen LogP contribution in [0.5, 0.6) is 5.75 Å². The van der Waals surface area contributed by atoms with Gasteiger partial charge in [0.15, 0.2) is 5.69 Å². The molecule has 0 saturated carbocycles. The van der Waals surface area contributed by atoms with Crippen molar-refractivity contribution in [2.24, 2.45) is 5.41 Å². The van der Waals surface area contributed by atoms with Gasteiger partial charge in [0.05, 0.1) is 16.5 Å². The van der Waals surface area contributed by atoms with E-state index in [0.717, 1.165) is 32.4 Å². The molecule has 2 heterocycles. The number of carbonyl (C=O) groups is 1. The van der Waals surface area contributed by atoms with Gasteiger partial charge in [0, 0.05) is 35.9 Å². The van der Waals surface area contributed by atoms with Gasteiger partial charge in [-0.15, -0.1) is 0 Å². The molecule has 0 radical (unpaired) electrons. The number of nitrogens with one attached hydrogen (secondary N) is 1. The Bertz CT molecular complexity index is 1670. The van der Waals surface area contributed by atoms with Crippen LogP contribution < -0.4 is 9.61 Å². The lowest BCUT2D eigenvalue weighted by atomic mass is 9.90. The monoisotopic (exact) mass is 702 g/mol. The van der Waals surface area contributed by atoms with Gasteiger partial charge in [-0.1, -0.05) is 61.7 Å². The summed E-state index contributed by atoms with van der Waals surface area (Å²) in [5, 5.41) is 2.83. The molecule has 1 aliphatic rings. The second kappa shape index (κ2) is 15.7. The minimum absolute atomic E-state index is 0.165. The molecule has 15 heteroatoms. The van der Waals surface area contributed by atoms with Gasteiger partial charge in [-0.05, 0) is 68.9 Å². The number of hydrogen-bond acceptors (Lipinski definition) is 8. The summed E-state index contributed by atoms with van der Waals surface area (Å²) in [6, 6.07) is 13.6. The first-order valence-electron chi connectivity index (χ1n) is 14.5. The van der Waals surface area contributed by atoms with Gasteiger partial charge in [-0.3, -0.25) is 14.8 Å². The van der Waals surface area contributed by atoms with E-state index in [1.807, 2.05) is 30.3 Å². The van der Waals surface area contributed by atoms with Crippen LogP contribution in [-0.2, 0) is 26.8 Å². The zero-order valence-electron chi connectivity index (χ0n) is 25.8. The highest BCUT2D eigenvalue weighted by Crippen LogP contribution is 2.34. The van der Waals surface area contributed by atoms with Crippen molar-refractivity contribution in [1.82, 2.24) is 20.0 Å². The van der Waals surface area contributed by atoms with Crippen LogP contribution in [0.2, 0.25) is 10.0 Å². The van der Waals surface area contributed by atoms with E-state index in [2.05, 4.69) is 5.43 Å². The Kier molecular flexibility index (Phi) is 12.9. The number of aromatic nitrogens is 2. The first kappa shape index (κ1) is 36.8. The van der Waals surface area contributed by atoms with Gasteiger partial charge in [-0.25, -0.2) is 9.99 Å². The van der Waals surface area contributed by atoms with Crippen LogP contribution in [0.25, 0.3) is 11.4 Å². The maximum atomic E-state index is 13.3. The topological polar surface area (TPSA) is 148 Å². The molecule has 45 heavy (non-hydrogen) atoms. The predicted molar refractivity (Wildman–Crippen MR) is 177 cm³/mol. The highest BCUT2D eigenvalue weighted by molar-refractivity contribution is 7.87. The Morgan fingerprint density at radius 2 is 1.67 bits per heavy atom. The van der Waals surface area contributed by atoms with Crippen molar-refractivity contribution < 1.29 is 30.4 Å². The molecule has 248 valence electrons. The summed E-state index contributed by atoms with van der Waals surface area (Å²) in [7, 11) is -7.46. The quantitative estimate of drug-likeness (QED) is 0.181. The highest BCUT2D eigenvalue weighted by Gasteiger charge is 2.29. The van der Waals surface area contributed by atoms with Crippen molar-refractivity contribution in [3.63, 3.8) is 0 Å². The Labute approximate surface area is 275 Å². The molecule has 1 fully saturated rings. The maximum Gasteiger partial charge on any atom is 0.309 e. The molecule has 0 spiro atoms. The van der Waals surface area contributed by atoms with Crippen molar-refractivity contribution in [2.45, 2.75) is 59.9 Å². The molecule has 0 atom stereocenters. The first-order valence-corrected chi connectivity index (χ1v) is 18.5. The van der Waals surface area contributed by atoms with Gasteiger partial charge in [0.1, 0.15) is 11.6 Å². The second-order valence-corrected chi connectivity index (χ2v) is 15.8. The third-order valence-corrected chi connectivity index (χ3v) is 9.60. The molecule has 1 saturated heterocycles. The fourth-order valence-corrected chi connectivity index (χ4v) is 6.38. The number of halogens is 2. The third kappa shape index (κ3) is 11.6. The molecule has 4 rings (SSSR count). The lowest BCUT2D eigenvalue weighted by Crippen LogP contribution is -2.45. The number of para-hydroxylation sites is 1. The van der Waals surface area contributed by atoms with Gasteiger partial charge < -0.3 is 8.75 Å². The molecule has 1 aliphatic heterocycles. The van der Waals surface area contributed by atoms with Crippen molar-refractivity contribution in [2.75, 3.05) is 24.6 Å². The summed E-state index contributed by atoms with van der Waals surface area (Å²) in [6.45, 7) is 9.17. The van der Waals surface area contributed by atoms with E-state index in [-0.39, 0.29) is 23.2 Å². The summed E-state index contributed by atoms with van der Waals surface area (Å²) in [6.07, 6.45) is 3.54. The molecule has 2 aromatic carbocycles. The Morgan fingerprint density at radius 1 is 1.04 bits per heavy atom. The van der Waals surface area contributed by atoms with Crippen LogP contribution >= 0.6 is 23.2 Å². The molecular weight excluding hydrogens is 663 g/mol. The van der Waals surface area contributed by atoms with Crippen LogP contribution in [0.4, 0.5) is 0 Å². The average Bonchev–Trinajstić information content (AvgIpc) is 3.28. The number of nitrogens with zero attached hydrogens (tertiary/aromatic N) is 3. The number of imidazole rings is 1. The van der Waals surface area contributed by atoms with Gasteiger partial charge in [-0.2, -0.15) is 16.8 Å². The number of carbonyl (C=O) groups excluding carboxylic acids is 1. The van der Waals surface area contributed by atoms with E-state index < -0.39 is 25.7 Å². The lowest BCUT2D eigenvalue weighted by molar-refractivity contribution is 0.0744. The van der Waals surface area contributed by atoms with Crippen molar-refractivity contribution in [3.8, 4) is 17.1 Å². The molecule has 11 nitrogen and oxygen atoms in total. The second-order valence-electron chi connectivity index (χ2n) is 11.5. The molecule has 0 unspecified atom stereocenters. The van der Waals surface area contributed by atoms with Crippen LogP contribution in [0.15, 0.2) is 48.5 Å². The number of piperidine rings is 1. The van der Waals surface area contributed by atoms with Crippen molar-refractivity contribution in [3.05, 3.63) is 70.0 Å². The highest BCUT2D eigenvalue weighted by atomic mass is 35.5.